The molecule has 0 unspecified atom stereocenters. The van der Waals surface area contributed by atoms with Crippen LogP contribution < -0.4 is 10.6 Å². The van der Waals surface area contributed by atoms with Gasteiger partial charge in [0.2, 0.25) is 0 Å². The zero-order chi connectivity index (χ0) is 22.1. The number of anilines is 2. The maximum absolute atomic E-state index is 13.2. The first kappa shape index (κ1) is 20.4. The number of fused-ring (bicyclic) bond motifs is 1. The molecule has 3 aromatic heterocycles. The molecular weight excluding hydrogens is 441 g/mol. The molecule has 0 atom stereocenters. The van der Waals surface area contributed by atoms with E-state index in [4.69, 9.17) is 4.98 Å². The summed E-state index contributed by atoms with van der Waals surface area (Å²) in [4.78, 5) is 20.4. The first-order valence-corrected chi connectivity index (χ1v) is 11.6. The lowest BCUT2D eigenvalue weighted by atomic mass is 10.0. The van der Waals surface area contributed by atoms with Crippen LogP contribution >= 0.6 is 22.7 Å². The highest BCUT2D eigenvalue weighted by Gasteiger charge is 2.23. The Labute approximate surface area is 192 Å². The number of carbonyl (C=O) groups excluding carboxylic acids is 1. The average molecular weight is 460 g/mol. The van der Waals surface area contributed by atoms with Gasteiger partial charge in [-0.3, -0.25) is 4.79 Å². The fraction of sp³-hybridized carbons (Fsp3) is 0.0400. The Bertz CT molecular complexity index is 1400. The minimum Gasteiger partial charge on any atom is -0.386 e. The molecule has 2 N–H and O–H groups in total. The zero-order valence-electron chi connectivity index (χ0n) is 17.1. The van der Waals surface area contributed by atoms with Crippen LogP contribution in [0.15, 0.2) is 78.2 Å². The summed E-state index contributed by atoms with van der Waals surface area (Å²) in [6.45, 7) is 0. The third-order valence-corrected chi connectivity index (χ3v) is 7.05. The lowest BCUT2D eigenvalue weighted by Crippen LogP contribution is -2.12. The maximum Gasteiger partial charge on any atom is 0.267 e. The van der Waals surface area contributed by atoms with Crippen molar-refractivity contribution in [2.75, 3.05) is 17.7 Å². The molecule has 158 valence electrons. The molecule has 0 spiro atoms. The van der Waals surface area contributed by atoms with E-state index in [1.54, 1.807) is 30.5 Å². The number of hydrogen-bond donors (Lipinski definition) is 2. The second kappa shape index (κ2) is 8.53. The van der Waals surface area contributed by atoms with Gasteiger partial charge in [-0.05, 0) is 52.9 Å². The van der Waals surface area contributed by atoms with Crippen molar-refractivity contribution in [1.29, 1.82) is 0 Å². The SMILES string of the molecule is CNc1c(C(=O)Nc2ccc(F)cc2)sc2nc(-c3cccs3)cc(-c3ccccc3)c12. The third kappa shape index (κ3) is 3.77. The van der Waals surface area contributed by atoms with E-state index in [0.717, 1.165) is 37.6 Å². The Morgan fingerprint density at radius 3 is 2.47 bits per heavy atom. The first-order valence-electron chi connectivity index (χ1n) is 9.95. The minimum atomic E-state index is -0.349. The highest BCUT2D eigenvalue weighted by Crippen LogP contribution is 2.43. The molecule has 5 rings (SSSR count). The Morgan fingerprint density at radius 2 is 1.78 bits per heavy atom. The monoisotopic (exact) mass is 459 g/mol. The highest BCUT2D eigenvalue weighted by molar-refractivity contribution is 7.21. The van der Waals surface area contributed by atoms with E-state index in [1.807, 2.05) is 35.7 Å². The van der Waals surface area contributed by atoms with Crippen LogP contribution in [0.2, 0.25) is 0 Å². The number of hydrogen-bond acceptors (Lipinski definition) is 5. The quantitative estimate of drug-likeness (QED) is 0.294. The van der Waals surface area contributed by atoms with Crippen LogP contribution in [0.4, 0.5) is 15.8 Å². The van der Waals surface area contributed by atoms with Crippen molar-refractivity contribution in [3.05, 3.63) is 88.9 Å². The second-order valence-electron chi connectivity index (χ2n) is 7.10. The molecule has 0 aliphatic heterocycles. The molecule has 7 heteroatoms. The number of carbonyl (C=O) groups is 1. The molecule has 32 heavy (non-hydrogen) atoms. The van der Waals surface area contributed by atoms with Gasteiger partial charge < -0.3 is 10.6 Å². The maximum atomic E-state index is 13.2. The van der Waals surface area contributed by atoms with Crippen molar-refractivity contribution in [2.45, 2.75) is 0 Å². The summed E-state index contributed by atoms with van der Waals surface area (Å²) < 4.78 is 13.2. The van der Waals surface area contributed by atoms with E-state index in [2.05, 4.69) is 28.8 Å². The Morgan fingerprint density at radius 1 is 1.00 bits per heavy atom. The summed E-state index contributed by atoms with van der Waals surface area (Å²) >= 11 is 2.98. The zero-order valence-corrected chi connectivity index (χ0v) is 18.7. The van der Waals surface area contributed by atoms with Crippen LogP contribution in [-0.2, 0) is 0 Å². The van der Waals surface area contributed by atoms with Gasteiger partial charge >= 0.3 is 0 Å². The second-order valence-corrected chi connectivity index (χ2v) is 9.04. The van der Waals surface area contributed by atoms with E-state index < -0.39 is 0 Å². The van der Waals surface area contributed by atoms with Crippen molar-refractivity contribution < 1.29 is 9.18 Å². The summed E-state index contributed by atoms with van der Waals surface area (Å²) in [6.07, 6.45) is 0. The largest absolute Gasteiger partial charge is 0.386 e. The standard InChI is InChI=1S/C25H18FN3OS2/c1-27-22-21-18(15-6-3-2-4-7-15)14-19(20-8-5-13-31-20)29-25(21)32-23(22)24(30)28-17-11-9-16(26)10-12-17/h2-14,27H,1H3,(H,28,30). The van der Waals surface area contributed by atoms with Crippen LogP contribution in [0, 0.1) is 5.82 Å². The van der Waals surface area contributed by atoms with E-state index >= 15 is 0 Å². The molecule has 0 saturated carbocycles. The Balaban J connectivity index is 1.68. The molecule has 5 aromatic rings. The van der Waals surface area contributed by atoms with E-state index in [0.29, 0.717) is 10.6 Å². The predicted octanol–water partition coefficient (Wildman–Crippen LogP) is 7.12. The first-order chi connectivity index (χ1) is 15.6. The van der Waals surface area contributed by atoms with Crippen molar-refractivity contribution in [2.24, 2.45) is 0 Å². The van der Waals surface area contributed by atoms with Crippen molar-refractivity contribution in [1.82, 2.24) is 4.98 Å². The number of benzene rings is 2. The lowest BCUT2D eigenvalue weighted by Gasteiger charge is -2.10. The number of pyridine rings is 1. The van der Waals surface area contributed by atoms with Gasteiger partial charge in [0.1, 0.15) is 15.5 Å². The van der Waals surface area contributed by atoms with Gasteiger partial charge in [-0.1, -0.05) is 36.4 Å². The third-order valence-electron chi connectivity index (χ3n) is 5.08. The van der Waals surface area contributed by atoms with Crippen LogP contribution in [0.25, 0.3) is 31.9 Å². The van der Waals surface area contributed by atoms with Crippen molar-refractivity contribution in [3.63, 3.8) is 0 Å². The van der Waals surface area contributed by atoms with Gasteiger partial charge in [-0.25, -0.2) is 9.37 Å². The number of nitrogens with one attached hydrogen (secondary N) is 2. The van der Waals surface area contributed by atoms with Gasteiger partial charge in [0.15, 0.2) is 0 Å². The number of rotatable bonds is 5. The smallest absolute Gasteiger partial charge is 0.267 e. The van der Waals surface area contributed by atoms with E-state index in [9.17, 15) is 9.18 Å². The van der Waals surface area contributed by atoms with Crippen LogP contribution in [0.3, 0.4) is 0 Å². The molecule has 0 aliphatic rings. The van der Waals surface area contributed by atoms with Gasteiger partial charge in [-0.2, -0.15) is 0 Å². The van der Waals surface area contributed by atoms with Crippen molar-refractivity contribution in [3.8, 4) is 21.7 Å². The summed E-state index contributed by atoms with van der Waals surface area (Å²) in [7, 11) is 1.80. The van der Waals surface area contributed by atoms with Gasteiger partial charge in [0.25, 0.3) is 5.91 Å². The van der Waals surface area contributed by atoms with Gasteiger partial charge in [0, 0.05) is 18.1 Å². The molecule has 0 saturated heterocycles. The topological polar surface area (TPSA) is 54.0 Å². The van der Waals surface area contributed by atoms with Gasteiger partial charge in [-0.15, -0.1) is 22.7 Å². The number of thiophene rings is 2. The minimum absolute atomic E-state index is 0.263. The fourth-order valence-corrected chi connectivity index (χ4v) is 5.40. The molecular formula is C25H18FN3OS2. The Kier molecular flexibility index (Phi) is 5.43. The molecule has 0 aliphatic carbocycles. The van der Waals surface area contributed by atoms with Gasteiger partial charge in [0.05, 0.1) is 16.3 Å². The summed E-state index contributed by atoms with van der Waals surface area (Å²) in [5, 5.41) is 9.01. The fourth-order valence-electron chi connectivity index (χ4n) is 3.61. The number of aromatic nitrogens is 1. The average Bonchev–Trinajstić information content (AvgIpc) is 3.48. The summed E-state index contributed by atoms with van der Waals surface area (Å²) in [5.41, 5.74) is 4.21. The summed E-state index contributed by atoms with van der Waals surface area (Å²) in [5.74, 6) is -0.612. The van der Waals surface area contributed by atoms with Crippen molar-refractivity contribution >= 4 is 50.2 Å². The molecule has 2 aromatic carbocycles. The highest BCUT2D eigenvalue weighted by atomic mass is 32.1. The lowest BCUT2D eigenvalue weighted by molar-refractivity contribution is 0.103. The number of nitrogens with zero attached hydrogens (tertiary/aromatic N) is 1. The molecule has 4 nitrogen and oxygen atoms in total. The number of amides is 1. The molecule has 3 heterocycles. The Hall–Kier alpha value is -3.55. The van der Waals surface area contributed by atoms with E-state index in [1.165, 1.54) is 23.5 Å². The van der Waals surface area contributed by atoms with Crippen LogP contribution in [0.1, 0.15) is 9.67 Å². The van der Waals surface area contributed by atoms with Crippen LogP contribution in [-0.4, -0.2) is 17.9 Å². The number of halogens is 1. The van der Waals surface area contributed by atoms with Crippen LogP contribution in [0.5, 0.6) is 0 Å². The normalized spacial score (nSPS) is 10.9. The molecule has 0 bridgehead atoms. The van der Waals surface area contributed by atoms with E-state index in [-0.39, 0.29) is 11.7 Å². The molecule has 0 fully saturated rings. The molecule has 0 radical (unpaired) electrons. The summed E-state index contributed by atoms with van der Waals surface area (Å²) in [6, 6.07) is 22.0. The predicted molar refractivity (Wildman–Crippen MR) is 132 cm³/mol. The molecule has 1 amide bonds.